The number of hydrogen-bond acceptors (Lipinski definition) is 0. The van der Waals surface area contributed by atoms with E-state index in [1.54, 1.807) is 0 Å². The van der Waals surface area contributed by atoms with Crippen LogP contribution in [0.2, 0.25) is 0 Å². The summed E-state index contributed by atoms with van der Waals surface area (Å²) in [5.74, 6) is 0. The van der Waals surface area contributed by atoms with Gasteiger partial charge in [0.05, 0.1) is 0 Å². The fourth-order valence-corrected chi connectivity index (χ4v) is 0. The summed E-state index contributed by atoms with van der Waals surface area (Å²) < 4.78 is 0. The molecule has 0 unspecified atom stereocenters. The lowest BCUT2D eigenvalue weighted by Gasteiger charge is -2.18. The minimum Gasteiger partial charge on any atom is -0.0546 e. The van der Waals surface area contributed by atoms with Crippen LogP contribution in [0.25, 0.3) is 0 Å². The molecular formula is C4H9Br2P. The van der Waals surface area contributed by atoms with Crippen LogP contribution in [0.3, 0.4) is 0 Å². The summed E-state index contributed by atoms with van der Waals surface area (Å²) >= 11 is 6.95. The molecule has 0 saturated heterocycles. The minimum atomic E-state index is -0.117. The number of halogens is 2. The van der Waals surface area contributed by atoms with Gasteiger partial charge >= 0.3 is 0 Å². The van der Waals surface area contributed by atoms with Crippen molar-refractivity contribution >= 4 is 36.3 Å². The van der Waals surface area contributed by atoms with Gasteiger partial charge in [-0.05, 0) is 31.0 Å². The van der Waals surface area contributed by atoms with Gasteiger partial charge in [0, 0.05) is 10.5 Å². The van der Waals surface area contributed by atoms with Gasteiger partial charge in [-0.25, -0.2) is 0 Å². The van der Waals surface area contributed by atoms with Crippen molar-refractivity contribution in [2.45, 2.75) is 25.9 Å². The quantitative estimate of drug-likeness (QED) is 0.570. The van der Waals surface area contributed by atoms with Crippen molar-refractivity contribution in [1.82, 2.24) is 0 Å². The molecule has 7 heavy (non-hydrogen) atoms. The van der Waals surface area contributed by atoms with Crippen LogP contribution in [-0.2, 0) is 0 Å². The Morgan fingerprint density at radius 2 is 1.29 bits per heavy atom. The molecule has 0 bridgehead atoms. The SMILES string of the molecule is CC(C)(C)P(Br)Br. The van der Waals surface area contributed by atoms with Crippen molar-refractivity contribution in [2.24, 2.45) is 0 Å². The smallest absolute Gasteiger partial charge is 0.0401 e. The van der Waals surface area contributed by atoms with E-state index >= 15 is 0 Å². The van der Waals surface area contributed by atoms with Gasteiger partial charge in [-0.1, -0.05) is 20.8 Å². The van der Waals surface area contributed by atoms with Crippen molar-refractivity contribution in [3.05, 3.63) is 0 Å². The molecule has 0 saturated carbocycles. The fourth-order valence-electron chi connectivity index (χ4n) is 0. The average Bonchev–Trinajstić information content (AvgIpc) is 1.31. The second-order valence-electron chi connectivity index (χ2n) is 2.40. The molecule has 0 atom stereocenters. The molecule has 0 nitrogen and oxygen atoms in total. The Hall–Kier alpha value is 1.39. The molecule has 0 spiro atoms. The zero-order valence-corrected chi connectivity index (χ0v) is 8.77. The first kappa shape index (κ1) is 8.39. The Kier molecular flexibility index (Phi) is 3.35. The van der Waals surface area contributed by atoms with Gasteiger partial charge in [-0.3, -0.25) is 0 Å². The zero-order valence-electron chi connectivity index (χ0n) is 4.70. The number of hydrogen-bond donors (Lipinski definition) is 0. The van der Waals surface area contributed by atoms with E-state index in [2.05, 4.69) is 51.7 Å². The molecular weight excluding hydrogens is 239 g/mol. The maximum atomic E-state index is 3.48. The predicted molar refractivity (Wildman–Crippen MR) is 44.5 cm³/mol. The highest BCUT2D eigenvalue weighted by Gasteiger charge is 2.17. The molecule has 44 valence electrons. The summed E-state index contributed by atoms with van der Waals surface area (Å²) in [4.78, 5) is 0. The van der Waals surface area contributed by atoms with Crippen molar-refractivity contribution in [3.63, 3.8) is 0 Å². The summed E-state index contributed by atoms with van der Waals surface area (Å²) in [7, 11) is 0. The molecule has 3 heteroatoms. The van der Waals surface area contributed by atoms with Crippen molar-refractivity contribution < 1.29 is 0 Å². The van der Waals surface area contributed by atoms with E-state index in [0.29, 0.717) is 5.16 Å². The van der Waals surface area contributed by atoms with Crippen molar-refractivity contribution in [3.8, 4) is 0 Å². The van der Waals surface area contributed by atoms with Crippen LogP contribution in [0.4, 0.5) is 0 Å². The van der Waals surface area contributed by atoms with Crippen LogP contribution in [0.5, 0.6) is 0 Å². The fraction of sp³-hybridized carbons (Fsp3) is 1.00. The highest BCUT2D eigenvalue weighted by atomic mass is 79.9. The Morgan fingerprint density at radius 3 is 1.29 bits per heavy atom. The molecule has 0 N–H and O–H groups in total. The Balaban J connectivity index is 3.54. The minimum absolute atomic E-state index is 0.117. The molecule has 0 aromatic rings. The van der Waals surface area contributed by atoms with Gasteiger partial charge in [0.2, 0.25) is 0 Å². The van der Waals surface area contributed by atoms with Crippen LogP contribution in [0.15, 0.2) is 0 Å². The lowest BCUT2D eigenvalue weighted by atomic mass is 10.3. The summed E-state index contributed by atoms with van der Waals surface area (Å²) in [5.41, 5.74) is 0. The molecule has 0 fully saturated rings. The maximum absolute atomic E-state index is 3.48. The summed E-state index contributed by atoms with van der Waals surface area (Å²) in [6, 6.07) is 0. The average molecular weight is 248 g/mol. The molecule has 0 heterocycles. The Bertz CT molecular complexity index is 55.2. The van der Waals surface area contributed by atoms with Gasteiger partial charge < -0.3 is 0 Å². The second kappa shape index (κ2) is 2.80. The summed E-state index contributed by atoms with van der Waals surface area (Å²) in [6.45, 7) is 6.59. The lowest BCUT2D eigenvalue weighted by Crippen LogP contribution is -2.03. The van der Waals surface area contributed by atoms with Gasteiger partial charge in [-0.15, -0.1) is 0 Å². The van der Waals surface area contributed by atoms with Crippen LogP contribution in [0, 0.1) is 0 Å². The molecule has 0 amide bonds. The predicted octanol–water partition coefficient (Wildman–Crippen LogP) is 3.89. The Morgan fingerprint density at radius 1 is 1.14 bits per heavy atom. The third kappa shape index (κ3) is 3.93. The third-order valence-electron chi connectivity index (χ3n) is 0.507. The van der Waals surface area contributed by atoms with Crippen molar-refractivity contribution in [1.29, 1.82) is 0 Å². The Labute approximate surface area is 62.3 Å². The standard InChI is InChI=1S/C4H9Br2P/c1-4(2,3)7(5)6/h1-3H3. The summed E-state index contributed by atoms with van der Waals surface area (Å²) in [5, 5.41) is 0.282. The van der Waals surface area contributed by atoms with E-state index in [4.69, 9.17) is 0 Å². The number of rotatable bonds is 0. The molecule has 0 aliphatic heterocycles. The first-order chi connectivity index (χ1) is 2.94. The monoisotopic (exact) mass is 246 g/mol. The molecule has 0 aromatic carbocycles. The van der Waals surface area contributed by atoms with E-state index in [0.717, 1.165) is 0 Å². The zero-order chi connectivity index (χ0) is 6.08. The van der Waals surface area contributed by atoms with E-state index in [-0.39, 0.29) is 5.33 Å². The molecule has 0 aliphatic rings. The van der Waals surface area contributed by atoms with E-state index < -0.39 is 0 Å². The topological polar surface area (TPSA) is 0 Å². The first-order valence-electron chi connectivity index (χ1n) is 2.06. The third-order valence-corrected chi connectivity index (χ3v) is 7.90. The van der Waals surface area contributed by atoms with Crippen LogP contribution in [-0.4, -0.2) is 5.16 Å². The summed E-state index contributed by atoms with van der Waals surface area (Å²) in [6.07, 6.45) is 0. The second-order valence-corrected chi connectivity index (χ2v) is 11.3. The molecule has 0 aliphatic carbocycles. The van der Waals surface area contributed by atoms with Crippen LogP contribution >= 0.6 is 36.3 Å². The molecule has 0 aromatic heterocycles. The van der Waals surface area contributed by atoms with Gasteiger partial charge in [-0.2, -0.15) is 0 Å². The van der Waals surface area contributed by atoms with Gasteiger partial charge in [0.25, 0.3) is 0 Å². The van der Waals surface area contributed by atoms with Crippen LogP contribution < -0.4 is 0 Å². The van der Waals surface area contributed by atoms with E-state index in [1.807, 2.05) is 0 Å². The maximum Gasteiger partial charge on any atom is 0.0401 e. The molecule has 0 rings (SSSR count). The normalized spacial score (nSPS) is 12.9. The highest BCUT2D eigenvalue weighted by Crippen LogP contribution is 2.62. The largest absolute Gasteiger partial charge is 0.0546 e. The van der Waals surface area contributed by atoms with Gasteiger partial charge in [0.1, 0.15) is 0 Å². The van der Waals surface area contributed by atoms with Crippen molar-refractivity contribution in [2.75, 3.05) is 0 Å². The first-order valence-corrected chi connectivity index (χ1v) is 7.44. The van der Waals surface area contributed by atoms with Crippen LogP contribution in [0.1, 0.15) is 20.8 Å². The highest BCUT2D eigenvalue weighted by molar-refractivity contribution is 9.69. The van der Waals surface area contributed by atoms with E-state index in [1.165, 1.54) is 0 Å². The molecule has 0 radical (unpaired) electrons. The van der Waals surface area contributed by atoms with E-state index in [9.17, 15) is 0 Å². The lowest BCUT2D eigenvalue weighted by molar-refractivity contribution is 0.801. The van der Waals surface area contributed by atoms with Gasteiger partial charge in [0.15, 0.2) is 0 Å².